The topological polar surface area (TPSA) is 29.9 Å². The van der Waals surface area contributed by atoms with Gasteiger partial charge < -0.3 is 9.88 Å². The molecule has 1 atom stereocenters. The normalized spacial score (nSPS) is 24.0. The predicted octanol–water partition coefficient (Wildman–Crippen LogP) is 4.16. The van der Waals surface area contributed by atoms with Gasteiger partial charge in [0, 0.05) is 21.6 Å². The predicted molar refractivity (Wildman–Crippen MR) is 88.2 cm³/mol. The molecule has 2 aromatic rings. The van der Waals surface area contributed by atoms with Crippen LogP contribution in [0.4, 0.5) is 0 Å². The number of hydrogen-bond donors (Lipinski definition) is 1. The maximum Gasteiger partial charge on any atom is 0.0953 e. The average molecular weight is 346 g/mol. The van der Waals surface area contributed by atoms with Crippen LogP contribution in [0.15, 0.2) is 41.3 Å². The summed E-state index contributed by atoms with van der Waals surface area (Å²) in [4.78, 5) is 4.42. The second kappa shape index (κ2) is 5.25. The lowest BCUT2D eigenvalue weighted by Gasteiger charge is -2.48. The first-order valence-corrected chi connectivity index (χ1v) is 8.58. The summed E-state index contributed by atoms with van der Waals surface area (Å²) in [7, 11) is 0. The molecule has 110 valence electrons. The minimum atomic E-state index is 0.418. The lowest BCUT2D eigenvalue weighted by molar-refractivity contribution is 0.110. The van der Waals surface area contributed by atoms with Crippen molar-refractivity contribution in [2.75, 3.05) is 6.54 Å². The molecule has 2 fully saturated rings. The maximum atomic E-state index is 4.42. The summed E-state index contributed by atoms with van der Waals surface area (Å²) >= 11 is 3.57. The van der Waals surface area contributed by atoms with Crippen LogP contribution in [-0.4, -0.2) is 21.6 Å². The first-order valence-electron chi connectivity index (χ1n) is 7.79. The standard InChI is InChI=1S/C17H20BrN3/c18-14-4-1-3-13(9-14)16-11-19-12-21(16)15-5-8-20-17(10-15)6-2-7-17/h1,3-4,9,11-12,15,20H,2,5-8,10H2. The highest BCUT2D eigenvalue weighted by Crippen LogP contribution is 2.42. The van der Waals surface area contributed by atoms with Crippen LogP contribution in [0, 0.1) is 0 Å². The van der Waals surface area contributed by atoms with Crippen LogP contribution in [0.2, 0.25) is 0 Å². The molecule has 2 aliphatic rings. The molecule has 1 saturated carbocycles. The largest absolute Gasteiger partial charge is 0.327 e. The zero-order chi connectivity index (χ0) is 14.3. The third-order valence-corrected chi connectivity index (χ3v) is 5.59. The van der Waals surface area contributed by atoms with E-state index >= 15 is 0 Å². The Labute approximate surface area is 133 Å². The van der Waals surface area contributed by atoms with Crippen molar-refractivity contribution >= 4 is 15.9 Å². The van der Waals surface area contributed by atoms with Crippen molar-refractivity contribution < 1.29 is 0 Å². The molecule has 1 aliphatic heterocycles. The van der Waals surface area contributed by atoms with E-state index in [4.69, 9.17) is 0 Å². The monoisotopic (exact) mass is 345 g/mol. The molecule has 4 rings (SSSR count). The highest BCUT2D eigenvalue weighted by molar-refractivity contribution is 9.10. The Bertz CT molecular complexity index is 645. The fraction of sp³-hybridized carbons (Fsp3) is 0.471. The molecule has 0 amide bonds. The van der Waals surface area contributed by atoms with Gasteiger partial charge in [-0.1, -0.05) is 28.1 Å². The van der Waals surface area contributed by atoms with Gasteiger partial charge in [-0.25, -0.2) is 4.98 Å². The van der Waals surface area contributed by atoms with Gasteiger partial charge in [0.1, 0.15) is 0 Å². The third-order valence-electron chi connectivity index (χ3n) is 5.09. The van der Waals surface area contributed by atoms with E-state index in [0.29, 0.717) is 11.6 Å². The van der Waals surface area contributed by atoms with E-state index in [1.165, 1.54) is 43.4 Å². The van der Waals surface area contributed by atoms with E-state index < -0.39 is 0 Å². The number of nitrogens with one attached hydrogen (secondary N) is 1. The fourth-order valence-corrected chi connectivity index (χ4v) is 4.22. The Morgan fingerprint density at radius 2 is 2.24 bits per heavy atom. The Kier molecular flexibility index (Phi) is 3.38. The van der Waals surface area contributed by atoms with Crippen LogP contribution in [0.3, 0.4) is 0 Å². The van der Waals surface area contributed by atoms with Gasteiger partial charge in [0.25, 0.3) is 0 Å². The van der Waals surface area contributed by atoms with Crippen LogP contribution in [0.25, 0.3) is 11.3 Å². The van der Waals surface area contributed by atoms with Crippen molar-refractivity contribution in [3.05, 3.63) is 41.3 Å². The van der Waals surface area contributed by atoms with Gasteiger partial charge >= 0.3 is 0 Å². The molecule has 1 unspecified atom stereocenters. The molecule has 2 heterocycles. The van der Waals surface area contributed by atoms with E-state index in [9.17, 15) is 0 Å². The van der Waals surface area contributed by atoms with Crippen molar-refractivity contribution in [3.63, 3.8) is 0 Å². The molecule has 1 spiro atoms. The maximum absolute atomic E-state index is 4.42. The summed E-state index contributed by atoms with van der Waals surface area (Å²) in [5.41, 5.74) is 2.89. The molecule has 3 nitrogen and oxygen atoms in total. The minimum Gasteiger partial charge on any atom is -0.327 e. The Morgan fingerprint density at radius 3 is 3.00 bits per heavy atom. The zero-order valence-corrected chi connectivity index (χ0v) is 13.6. The molecular weight excluding hydrogens is 326 g/mol. The van der Waals surface area contributed by atoms with Gasteiger partial charge in [-0.3, -0.25) is 0 Å². The van der Waals surface area contributed by atoms with Crippen molar-refractivity contribution in [1.29, 1.82) is 0 Å². The minimum absolute atomic E-state index is 0.418. The van der Waals surface area contributed by atoms with E-state index in [1.54, 1.807) is 0 Å². The molecule has 1 N–H and O–H groups in total. The lowest BCUT2D eigenvalue weighted by Crippen LogP contribution is -2.55. The average Bonchev–Trinajstić information content (AvgIpc) is 2.95. The lowest BCUT2D eigenvalue weighted by atomic mass is 9.70. The summed E-state index contributed by atoms with van der Waals surface area (Å²) in [6.45, 7) is 1.13. The number of nitrogens with zero attached hydrogens (tertiary/aromatic N) is 2. The summed E-state index contributed by atoms with van der Waals surface area (Å²) in [5, 5.41) is 3.75. The zero-order valence-electron chi connectivity index (χ0n) is 12.1. The molecule has 1 aromatic carbocycles. The first kappa shape index (κ1) is 13.5. The first-order chi connectivity index (χ1) is 10.3. The summed E-state index contributed by atoms with van der Waals surface area (Å²) in [6, 6.07) is 9.07. The quantitative estimate of drug-likeness (QED) is 0.885. The van der Waals surface area contributed by atoms with Gasteiger partial charge in [-0.15, -0.1) is 0 Å². The van der Waals surface area contributed by atoms with Crippen LogP contribution >= 0.6 is 15.9 Å². The van der Waals surface area contributed by atoms with Gasteiger partial charge in [-0.2, -0.15) is 0 Å². The van der Waals surface area contributed by atoms with Crippen LogP contribution < -0.4 is 5.32 Å². The van der Waals surface area contributed by atoms with E-state index in [2.05, 4.69) is 55.1 Å². The highest BCUT2D eigenvalue weighted by Gasteiger charge is 2.41. The molecule has 1 aromatic heterocycles. The SMILES string of the molecule is Brc1cccc(-c2cncn2C2CCNC3(CCC3)C2)c1. The Hall–Kier alpha value is -1.13. The molecule has 1 aliphatic carbocycles. The summed E-state index contributed by atoms with van der Waals surface area (Å²) < 4.78 is 3.51. The Balaban J connectivity index is 1.65. The van der Waals surface area contributed by atoms with Crippen molar-refractivity contribution in [3.8, 4) is 11.3 Å². The summed E-state index contributed by atoms with van der Waals surface area (Å²) in [6.07, 6.45) is 10.5. The molecule has 0 bridgehead atoms. The van der Waals surface area contributed by atoms with Crippen molar-refractivity contribution in [2.45, 2.75) is 43.7 Å². The molecule has 0 radical (unpaired) electrons. The number of rotatable bonds is 2. The number of benzene rings is 1. The number of imidazole rings is 1. The fourth-order valence-electron chi connectivity index (χ4n) is 3.82. The van der Waals surface area contributed by atoms with Gasteiger partial charge in [0.05, 0.1) is 18.2 Å². The van der Waals surface area contributed by atoms with Gasteiger partial charge in [0.2, 0.25) is 0 Å². The van der Waals surface area contributed by atoms with Crippen molar-refractivity contribution in [1.82, 2.24) is 14.9 Å². The Morgan fingerprint density at radius 1 is 1.33 bits per heavy atom. The molecular formula is C17H20BrN3. The number of piperidine rings is 1. The van der Waals surface area contributed by atoms with Gasteiger partial charge in [0.15, 0.2) is 0 Å². The van der Waals surface area contributed by atoms with E-state index in [1.807, 2.05) is 12.5 Å². The number of hydrogen-bond acceptors (Lipinski definition) is 2. The third kappa shape index (κ3) is 2.44. The van der Waals surface area contributed by atoms with Crippen LogP contribution in [-0.2, 0) is 0 Å². The van der Waals surface area contributed by atoms with E-state index in [-0.39, 0.29) is 0 Å². The number of halogens is 1. The highest BCUT2D eigenvalue weighted by atomic mass is 79.9. The second-order valence-electron chi connectivity index (χ2n) is 6.40. The summed E-state index contributed by atoms with van der Waals surface area (Å²) in [5.74, 6) is 0. The molecule has 4 heteroatoms. The van der Waals surface area contributed by atoms with Crippen LogP contribution in [0.1, 0.15) is 38.1 Å². The number of aromatic nitrogens is 2. The second-order valence-corrected chi connectivity index (χ2v) is 7.32. The van der Waals surface area contributed by atoms with Crippen molar-refractivity contribution in [2.24, 2.45) is 0 Å². The van der Waals surface area contributed by atoms with E-state index in [0.717, 1.165) is 11.0 Å². The van der Waals surface area contributed by atoms with Crippen LogP contribution in [0.5, 0.6) is 0 Å². The molecule has 21 heavy (non-hydrogen) atoms. The van der Waals surface area contributed by atoms with Gasteiger partial charge in [-0.05, 0) is 50.8 Å². The molecule has 1 saturated heterocycles. The smallest absolute Gasteiger partial charge is 0.0953 e.